The summed E-state index contributed by atoms with van der Waals surface area (Å²) in [6.45, 7) is 0.174. The second-order valence-corrected chi connectivity index (χ2v) is 3.51. The summed E-state index contributed by atoms with van der Waals surface area (Å²) in [4.78, 5) is 16.8. The summed E-state index contributed by atoms with van der Waals surface area (Å²) in [7, 11) is 1.55. The van der Waals surface area contributed by atoms with Crippen LogP contribution in [0.5, 0.6) is 0 Å². The maximum absolute atomic E-state index is 12.5. The number of carbonyl (C=O) groups excluding carboxylic acids is 1. The predicted octanol–water partition coefficient (Wildman–Crippen LogP) is 0.579. The van der Waals surface area contributed by atoms with Crippen LogP contribution in [0.1, 0.15) is 10.5 Å². The quantitative estimate of drug-likeness (QED) is 0.767. The molecule has 0 aliphatic heterocycles. The van der Waals surface area contributed by atoms with Gasteiger partial charge in [-0.25, -0.2) is 9.37 Å². The van der Waals surface area contributed by atoms with Gasteiger partial charge >= 0.3 is 0 Å². The van der Waals surface area contributed by atoms with E-state index in [-0.39, 0.29) is 23.1 Å². The summed E-state index contributed by atoms with van der Waals surface area (Å²) < 4.78 is 12.5. The third-order valence-corrected chi connectivity index (χ3v) is 1.82. The van der Waals surface area contributed by atoms with Gasteiger partial charge in [-0.3, -0.25) is 4.79 Å². The molecule has 1 rings (SSSR count). The monoisotopic (exact) mass is 227 g/mol. The number of hydrogen-bond acceptors (Lipinski definition) is 3. The molecule has 0 aliphatic rings. The van der Waals surface area contributed by atoms with Gasteiger partial charge in [-0.15, -0.1) is 0 Å². The van der Waals surface area contributed by atoms with Gasteiger partial charge in [-0.05, 0) is 12.1 Å². The molecule has 4 nitrogen and oxygen atoms in total. The van der Waals surface area contributed by atoms with Crippen molar-refractivity contribution >= 4 is 23.1 Å². The van der Waals surface area contributed by atoms with E-state index in [2.05, 4.69) is 17.2 Å². The molecule has 1 heterocycles. The van der Waals surface area contributed by atoms with E-state index in [0.717, 1.165) is 6.20 Å². The smallest absolute Gasteiger partial charge is 0.272 e. The zero-order valence-corrected chi connectivity index (χ0v) is 8.92. The van der Waals surface area contributed by atoms with Gasteiger partial charge in [0.25, 0.3) is 5.91 Å². The maximum atomic E-state index is 12.5. The highest BCUT2D eigenvalue weighted by molar-refractivity contribution is 7.80. The van der Waals surface area contributed by atoms with Crippen LogP contribution in [-0.4, -0.2) is 34.4 Å². The van der Waals surface area contributed by atoms with Crippen LogP contribution in [0.25, 0.3) is 0 Å². The first-order chi connectivity index (χ1) is 7.00. The zero-order chi connectivity index (χ0) is 11.4. The lowest BCUT2D eigenvalue weighted by Crippen LogP contribution is -2.34. The largest absolute Gasteiger partial charge is 0.392 e. The van der Waals surface area contributed by atoms with Crippen LogP contribution in [0.2, 0.25) is 0 Å². The molecule has 0 aromatic carbocycles. The highest BCUT2D eigenvalue weighted by Gasteiger charge is 2.13. The summed E-state index contributed by atoms with van der Waals surface area (Å²) >= 11 is 4.67. The topological polar surface area (TPSA) is 59.2 Å². The molecule has 0 unspecified atom stereocenters. The van der Waals surface area contributed by atoms with Gasteiger partial charge in [-0.1, -0.05) is 12.2 Å². The van der Waals surface area contributed by atoms with Crippen LogP contribution in [0.4, 0.5) is 4.39 Å². The van der Waals surface area contributed by atoms with Gasteiger partial charge < -0.3 is 10.6 Å². The Balaban J connectivity index is 2.76. The van der Waals surface area contributed by atoms with Crippen LogP contribution in [0.15, 0.2) is 18.3 Å². The van der Waals surface area contributed by atoms with Crippen molar-refractivity contribution in [3.8, 4) is 0 Å². The highest BCUT2D eigenvalue weighted by Crippen LogP contribution is 2.01. The Morgan fingerprint density at radius 3 is 2.80 bits per heavy atom. The zero-order valence-electron chi connectivity index (χ0n) is 8.11. The number of pyridine rings is 1. The van der Waals surface area contributed by atoms with Crippen LogP contribution < -0.4 is 5.73 Å². The van der Waals surface area contributed by atoms with Crippen LogP contribution >= 0.6 is 12.2 Å². The maximum Gasteiger partial charge on any atom is 0.272 e. The minimum absolute atomic E-state index is 0.162. The number of nitrogens with two attached hydrogens (primary N) is 1. The molecule has 1 aromatic rings. The summed E-state index contributed by atoms with van der Waals surface area (Å²) in [5, 5.41) is 0. The Labute approximate surface area is 91.9 Å². The minimum atomic E-state index is -0.483. The molecule has 80 valence electrons. The number of thiocarbonyl (C=S) groups is 1. The van der Waals surface area contributed by atoms with Gasteiger partial charge in [0, 0.05) is 7.05 Å². The van der Waals surface area contributed by atoms with Crippen LogP contribution in [-0.2, 0) is 0 Å². The molecular weight excluding hydrogens is 217 g/mol. The van der Waals surface area contributed by atoms with E-state index in [1.165, 1.54) is 17.0 Å². The van der Waals surface area contributed by atoms with Crippen molar-refractivity contribution in [2.75, 3.05) is 13.6 Å². The molecule has 1 amide bonds. The fourth-order valence-electron chi connectivity index (χ4n) is 1.00. The van der Waals surface area contributed by atoms with E-state index in [0.29, 0.717) is 0 Å². The number of halogens is 1. The van der Waals surface area contributed by atoms with Crippen molar-refractivity contribution in [1.29, 1.82) is 0 Å². The average Bonchev–Trinajstić information content (AvgIpc) is 2.17. The number of likely N-dealkylation sites (N-methyl/N-ethyl adjacent to an activating group) is 1. The molecule has 0 bridgehead atoms. The molecule has 2 N–H and O–H groups in total. The Morgan fingerprint density at radius 1 is 1.67 bits per heavy atom. The molecule has 0 atom stereocenters. The molecule has 0 fully saturated rings. The van der Waals surface area contributed by atoms with Crippen molar-refractivity contribution < 1.29 is 9.18 Å². The van der Waals surface area contributed by atoms with Crippen molar-refractivity contribution in [3.05, 3.63) is 29.8 Å². The molecule has 6 heteroatoms. The standard InChI is InChI=1S/C9H10FN3OS/c1-13(5-8(11)15)9(14)7-3-2-6(10)4-12-7/h2-4H,5H2,1H3,(H2,11,15). The van der Waals surface area contributed by atoms with Crippen molar-refractivity contribution in [1.82, 2.24) is 9.88 Å². The summed E-state index contributed by atoms with van der Waals surface area (Å²) in [5.74, 6) is -0.827. The molecule has 0 radical (unpaired) electrons. The van der Waals surface area contributed by atoms with Gasteiger partial charge in [0.2, 0.25) is 0 Å². The summed E-state index contributed by atoms with van der Waals surface area (Å²) in [6.07, 6.45) is 0.988. The average molecular weight is 227 g/mol. The predicted molar refractivity (Wildman–Crippen MR) is 57.9 cm³/mol. The van der Waals surface area contributed by atoms with E-state index in [1.807, 2.05) is 0 Å². The first-order valence-electron chi connectivity index (χ1n) is 4.16. The molecule has 15 heavy (non-hydrogen) atoms. The first kappa shape index (κ1) is 11.5. The third kappa shape index (κ3) is 3.25. The number of carbonyl (C=O) groups is 1. The number of aromatic nitrogens is 1. The van der Waals surface area contributed by atoms with Crippen molar-refractivity contribution in [3.63, 3.8) is 0 Å². The Bertz CT molecular complexity index is 379. The lowest BCUT2D eigenvalue weighted by molar-refractivity contribution is 0.0809. The van der Waals surface area contributed by atoms with E-state index < -0.39 is 5.82 Å². The lowest BCUT2D eigenvalue weighted by Gasteiger charge is -2.15. The van der Waals surface area contributed by atoms with Crippen molar-refractivity contribution in [2.24, 2.45) is 5.73 Å². The molecule has 0 aliphatic carbocycles. The molecule has 0 saturated heterocycles. The second-order valence-electron chi connectivity index (χ2n) is 2.99. The fraction of sp³-hybridized carbons (Fsp3) is 0.222. The van der Waals surface area contributed by atoms with E-state index in [9.17, 15) is 9.18 Å². The molecule has 1 aromatic heterocycles. The van der Waals surface area contributed by atoms with Gasteiger partial charge in [-0.2, -0.15) is 0 Å². The Morgan fingerprint density at radius 2 is 2.33 bits per heavy atom. The highest BCUT2D eigenvalue weighted by atomic mass is 32.1. The Kier molecular flexibility index (Phi) is 3.68. The normalized spacial score (nSPS) is 9.73. The first-order valence-corrected chi connectivity index (χ1v) is 4.57. The molecule has 0 spiro atoms. The molecule has 0 saturated carbocycles. The number of amides is 1. The van der Waals surface area contributed by atoms with Gasteiger partial charge in [0.15, 0.2) is 0 Å². The fourth-order valence-corrected chi connectivity index (χ4v) is 1.20. The number of nitrogens with zero attached hydrogens (tertiary/aromatic N) is 2. The van der Waals surface area contributed by atoms with E-state index in [4.69, 9.17) is 5.73 Å². The number of hydrogen-bond donors (Lipinski definition) is 1. The SMILES string of the molecule is CN(CC(N)=S)C(=O)c1ccc(F)cn1. The van der Waals surface area contributed by atoms with Crippen LogP contribution in [0.3, 0.4) is 0 Å². The van der Waals surface area contributed by atoms with E-state index in [1.54, 1.807) is 7.05 Å². The van der Waals surface area contributed by atoms with Gasteiger partial charge in [0.05, 0.1) is 17.7 Å². The Hall–Kier alpha value is -1.56. The summed E-state index contributed by atoms with van der Waals surface area (Å²) in [5.41, 5.74) is 5.45. The molecular formula is C9H10FN3OS. The van der Waals surface area contributed by atoms with E-state index >= 15 is 0 Å². The summed E-state index contributed by atoms with van der Waals surface area (Å²) in [6, 6.07) is 2.49. The minimum Gasteiger partial charge on any atom is -0.392 e. The third-order valence-electron chi connectivity index (χ3n) is 1.69. The number of rotatable bonds is 3. The van der Waals surface area contributed by atoms with Crippen LogP contribution in [0, 0.1) is 5.82 Å². The van der Waals surface area contributed by atoms with Gasteiger partial charge in [0.1, 0.15) is 11.5 Å². The second kappa shape index (κ2) is 4.79. The van der Waals surface area contributed by atoms with Crippen molar-refractivity contribution in [2.45, 2.75) is 0 Å². The lowest BCUT2D eigenvalue weighted by atomic mass is 10.3.